The van der Waals surface area contributed by atoms with E-state index in [1.807, 2.05) is 42.2 Å². The van der Waals surface area contributed by atoms with E-state index in [0.717, 1.165) is 33.6 Å². The molecule has 31 heavy (non-hydrogen) atoms. The number of carbonyl (C=O) groups is 2. The fourth-order valence-electron chi connectivity index (χ4n) is 3.95. The van der Waals surface area contributed by atoms with Crippen molar-refractivity contribution in [3.63, 3.8) is 0 Å². The van der Waals surface area contributed by atoms with E-state index in [-0.39, 0.29) is 23.6 Å². The van der Waals surface area contributed by atoms with Crippen molar-refractivity contribution in [1.29, 1.82) is 0 Å². The Morgan fingerprint density at radius 1 is 1.16 bits per heavy atom. The number of hydrogen-bond donors (Lipinski definition) is 1. The topological polar surface area (TPSA) is 75.4 Å². The van der Waals surface area contributed by atoms with Gasteiger partial charge in [0.2, 0.25) is 0 Å². The van der Waals surface area contributed by atoms with Gasteiger partial charge < -0.3 is 14.6 Å². The second kappa shape index (κ2) is 8.00. The van der Waals surface area contributed by atoms with Crippen molar-refractivity contribution in [3.05, 3.63) is 82.8 Å². The summed E-state index contributed by atoms with van der Waals surface area (Å²) < 4.78 is 6.30. The van der Waals surface area contributed by atoms with Crippen LogP contribution in [0, 0.1) is 6.92 Å². The minimum Gasteiger partial charge on any atom is -0.459 e. The monoisotopic (exact) mass is 431 g/mol. The number of benzene rings is 2. The summed E-state index contributed by atoms with van der Waals surface area (Å²) in [7, 11) is 0. The summed E-state index contributed by atoms with van der Waals surface area (Å²) in [6, 6.07) is 16.7. The van der Waals surface area contributed by atoms with Crippen LogP contribution in [0.3, 0.4) is 0 Å². The van der Waals surface area contributed by atoms with Crippen molar-refractivity contribution in [2.75, 3.05) is 11.9 Å². The molecule has 1 aliphatic rings. The van der Waals surface area contributed by atoms with Gasteiger partial charge >= 0.3 is 0 Å². The normalized spacial score (nSPS) is 16.0. The minimum absolute atomic E-state index is 0.0210. The number of amides is 2. The van der Waals surface area contributed by atoms with E-state index in [1.165, 1.54) is 6.26 Å². The van der Waals surface area contributed by atoms with Crippen LogP contribution in [0.5, 0.6) is 0 Å². The first kappa shape index (κ1) is 19.5. The molecule has 1 atom stereocenters. The van der Waals surface area contributed by atoms with Crippen molar-refractivity contribution < 1.29 is 14.0 Å². The van der Waals surface area contributed by atoms with E-state index < -0.39 is 0 Å². The van der Waals surface area contributed by atoms with Crippen molar-refractivity contribution in [3.8, 4) is 0 Å². The van der Waals surface area contributed by atoms with E-state index in [4.69, 9.17) is 9.40 Å². The fraction of sp³-hybridized carbons (Fsp3) is 0.208. The van der Waals surface area contributed by atoms with Crippen LogP contribution in [0.2, 0.25) is 0 Å². The van der Waals surface area contributed by atoms with Gasteiger partial charge in [-0.2, -0.15) is 0 Å². The van der Waals surface area contributed by atoms with Gasteiger partial charge in [-0.25, -0.2) is 4.98 Å². The lowest BCUT2D eigenvalue weighted by Gasteiger charge is -2.23. The van der Waals surface area contributed by atoms with Crippen LogP contribution in [-0.2, 0) is 0 Å². The predicted octanol–water partition coefficient (Wildman–Crippen LogP) is 5.43. The van der Waals surface area contributed by atoms with Gasteiger partial charge in [-0.1, -0.05) is 18.2 Å². The second-order valence-corrected chi connectivity index (χ2v) is 8.70. The lowest BCUT2D eigenvalue weighted by molar-refractivity contribution is 0.0735. The van der Waals surface area contributed by atoms with Gasteiger partial charge in [-0.15, -0.1) is 11.3 Å². The van der Waals surface area contributed by atoms with Crippen LogP contribution >= 0.6 is 11.3 Å². The minimum atomic E-state index is -0.341. The zero-order valence-corrected chi connectivity index (χ0v) is 17.8. The van der Waals surface area contributed by atoms with Crippen molar-refractivity contribution >= 4 is 39.1 Å². The molecule has 0 saturated carbocycles. The number of nitrogens with zero attached hydrogens (tertiary/aromatic N) is 2. The Bertz CT molecular complexity index is 1230. The molecule has 0 unspecified atom stereocenters. The van der Waals surface area contributed by atoms with Crippen molar-refractivity contribution in [2.45, 2.75) is 25.8 Å². The van der Waals surface area contributed by atoms with Crippen LogP contribution in [0.4, 0.5) is 5.69 Å². The molecular weight excluding hydrogens is 410 g/mol. The van der Waals surface area contributed by atoms with Crippen LogP contribution < -0.4 is 5.32 Å². The Morgan fingerprint density at radius 3 is 2.84 bits per heavy atom. The number of aromatic nitrogens is 1. The summed E-state index contributed by atoms with van der Waals surface area (Å²) in [5.41, 5.74) is 3.00. The van der Waals surface area contributed by atoms with Gasteiger partial charge in [0.15, 0.2) is 5.76 Å². The number of nitrogens with one attached hydrogen (secondary N) is 1. The van der Waals surface area contributed by atoms with Gasteiger partial charge in [0, 0.05) is 17.8 Å². The molecular formula is C24H21N3O3S. The Balaban J connectivity index is 1.40. The molecule has 1 N–H and O–H groups in total. The maximum Gasteiger partial charge on any atom is 0.291 e. The number of thiazole rings is 1. The van der Waals surface area contributed by atoms with Crippen LogP contribution in [0.15, 0.2) is 65.3 Å². The first-order valence-corrected chi connectivity index (χ1v) is 11.0. The standard InChI is InChI=1S/C24H21N3O3S/c1-15-10-11-16(14-18(15)25-22(28)20-8-5-13-30-20)24(29)27-12-4-7-19(27)23-26-17-6-2-3-9-21(17)31-23/h2-3,5-6,8-11,13-14,19H,4,7,12H2,1H3,(H,25,28)/t19-/m1/s1. The molecule has 156 valence electrons. The van der Waals surface area contributed by atoms with E-state index in [9.17, 15) is 9.59 Å². The SMILES string of the molecule is Cc1ccc(C(=O)N2CCC[C@@H]2c2nc3ccccc3s2)cc1NC(=O)c1ccco1. The average molecular weight is 432 g/mol. The third-order valence-corrected chi connectivity index (χ3v) is 6.72. The number of likely N-dealkylation sites (tertiary alicyclic amines) is 1. The van der Waals surface area contributed by atoms with E-state index >= 15 is 0 Å². The maximum atomic E-state index is 13.4. The molecule has 1 fully saturated rings. The first-order valence-electron chi connectivity index (χ1n) is 10.2. The van der Waals surface area contributed by atoms with Gasteiger partial charge in [-0.05, 0) is 61.7 Å². The Hall–Kier alpha value is -3.45. The third-order valence-electron chi connectivity index (χ3n) is 5.59. The molecule has 6 nitrogen and oxygen atoms in total. The molecule has 5 rings (SSSR count). The molecule has 0 spiro atoms. The molecule has 0 radical (unpaired) electrons. The zero-order chi connectivity index (χ0) is 21.4. The molecule has 2 amide bonds. The Kier molecular flexibility index (Phi) is 5.03. The van der Waals surface area contributed by atoms with E-state index in [0.29, 0.717) is 17.8 Å². The summed E-state index contributed by atoms with van der Waals surface area (Å²) in [6.07, 6.45) is 3.30. The lowest BCUT2D eigenvalue weighted by atomic mass is 10.1. The summed E-state index contributed by atoms with van der Waals surface area (Å²) in [4.78, 5) is 32.5. The van der Waals surface area contributed by atoms with E-state index in [1.54, 1.807) is 29.5 Å². The maximum absolute atomic E-state index is 13.4. The summed E-state index contributed by atoms with van der Waals surface area (Å²) in [5, 5.41) is 3.82. The highest BCUT2D eigenvalue weighted by molar-refractivity contribution is 7.18. The third kappa shape index (κ3) is 3.72. The molecule has 1 saturated heterocycles. The molecule has 1 aliphatic heterocycles. The second-order valence-electron chi connectivity index (χ2n) is 7.64. The number of carbonyl (C=O) groups excluding carboxylic acids is 2. The summed E-state index contributed by atoms with van der Waals surface area (Å²) >= 11 is 1.65. The largest absolute Gasteiger partial charge is 0.459 e. The number of furan rings is 1. The first-order chi connectivity index (χ1) is 15.1. The highest BCUT2D eigenvalue weighted by Gasteiger charge is 2.33. The summed E-state index contributed by atoms with van der Waals surface area (Å²) in [5.74, 6) is -0.159. The number of hydrogen-bond acceptors (Lipinski definition) is 5. The van der Waals surface area contributed by atoms with Crippen LogP contribution in [-0.4, -0.2) is 28.2 Å². The lowest BCUT2D eigenvalue weighted by Crippen LogP contribution is -2.30. The number of para-hydroxylation sites is 1. The highest BCUT2D eigenvalue weighted by atomic mass is 32.1. The quantitative estimate of drug-likeness (QED) is 0.468. The molecule has 7 heteroatoms. The van der Waals surface area contributed by atoms with Gasteiger partial charge in [0.1, 0.15) is 5.01 Å². The van der Waals surface area contributed by atoms with Gasteiger partial charge in [-0.3, -0.25) is 9.59 Å². The van der Waals surface area contributed by atoms with Gasteiger partial charge in [0.05, 0.1) is 22.5 Å². The Morgan fingerprint density at radius 2 is 2.03 bits per heavy atom. The van der Waals surface area contributed by atoms with Crippen LogP contribution in [0.25, 0.3) is 10.2 Å². The molecule has 0 bridgehead atoms. The van der Waals surface area contributed by atoms with Crippen LogP contribution in [0.1, 0.15) is 50.4 Å². The number of aryl methyl sites for hydroxylation is 1. The molecule has 2 aromatic heterocycles. The summed E-state index contributed by atoms with van der Waals surface area (Å²) in [6.45, 7) is 2.59. The van der Waals surface area contributed by atoms with E-state index in [2.05, 4.69) is 11.4 Å². The number of rotatable bonds is 4. The van der Waals surface area contributed by atoms with Crippen molar-refractivity contribution in [2.24, 2.45) is 0 Å². The smallest absolute Gasteiger partial charge is 0.291 e. The van der Waals surface area contributed by atoms with Gasteiger partial charge in [0.25, 0.3) is 11.8 Å². The highest BCUT2D eigenvalue weighted by Crippen LogP contribution is 2.37. The Labute approximate surface area is 183 Å². The molecule has 3 heterocycles. The average Bonchev–Trinajstić information content (AvgIpc) is 3.54. The number of fused-ring (bicyclic) bond motifs is 1. The fourth-order valence-corrected chi connectivity index (χ4v) is 5.06. The number of anilines is 1. The van der Waals surface area contributed by atoms with Crippen molar-refractivity contribution in [1.82, 2.24) is 9.88 Å². The molecule has 0 aliphatic carbocycles. The molecule has 4 aromatic rings. The molecule has 2 aromatic carbocycles. The predicted molar refractivity (Wildman–Crippen MR) is 120 cm³/mol. The zero-order valence-electron chi connectivity index (χ0n) is 17.0.